The monoisotopic (exact) mass is 638 g/mol. The van der Waals surface area contributed by atoms with Crippen LogP contribution in [-0.2, 0) is 20.4 Å². The van der Waals surface area contributed by atoms with E-state index in [1.165, 1.54) is 36.4 Å². The minimum atomic E-state index is -2.07. The van der Waals surface area contributed by atoms with E-state index in [0.29, 0.717) is 17.1 Å². The maximum Gasteiger partial charge on any atom is 0.341 e. The zero-order chi connectivity index (χ0) is 28.5. The number of esters is 1. The first kappa shape index (κ1) is 30.8. The second kappa shape index (κ2) is 14.6. The number of carbonyl (C=O) groups excluding carboxylic acids is 1. The van der Waals surface area contributed by atoms with Gasteiger partial charge in [0.25, 0.3) is 0 Å². The molecule has 6 heteroatoms. The third-order valence-corrected chi connectivity index (χ3v) is 11.3. The van der Waals surface area contributed by atoms with Crippen molar-refractivity contribution < 1.29 is 36.0 Å². The highest BCUT2D eigenvalue weighted by molar-refractivity contribution is 7.95. The predicted octanol–water partition coefficient (Wildman–Crippen LogP) is 4.14. The first-order chi connectivity index (χ1) is 20.2. The number of halogens is 1. The first-order valence-corrected chi connectivity index (χ1v) is 15.4. The highest BCUT2D eigenvalue weighted by atomic mass is 79.9. The van der Waals surface area contributed by atoms with Crippen LogP contribution in [0, 0.1) is 0 Å². The third-order valence-electron chi connectivity index (χ3n) is 6.96. The van der Waals surface area contributed by atoms with E-state index in [1.807, 2.05) is 36.4 Å². The summed E-state index contributed by atoms with van der Waals surface area (Å²) in [6.45, 7) is 0. The first-order valence-electron chi connectivity index (χ1n) is 13.4. The smallest absolute Gasteiger partial charge is 0.341 e. The van der Waals surface area contributed by atoms with Gasteiger partial charge in [0.15, 0.2) is 0 Å². The maximum absolute atomic E-state index is 12.5. The van der Waals surface area contributed by atoms with Crippen molar-refractivity contribution in [3.63, 3.8) is 0 Å². The molecular formula is C36H32BrO4P. The molecule has 0 aliphatic heterocycles. The highest BCUT2D eigenvalue weighted by Crippen LogP contribution is 2.58. The van der Waals surface area contributed by atoms with E-state index >= 15 is 0 Å². The van der Waals surface area contributed by atoms with E-state index in [4.69, 9.17) is 14.2 Å². The van der Waals surface area contributed by atoms with Crippen LogP contribution in [0.25, 0.3) is 5.57 Å². The Morgan fingerprint density at radius 3 is 1.71 bits per heavy atom. The summed E-state index contributed by atoms with van der Waals surface area (Å²) in [5.41, 5.74) is 2.03. The van der Waals surface area contributed by atoms with Crippen LogP contribution in [0.4, 0.5) is 0 Å². The number of rotatable bonds is 10. The molecule has 0 saturated carbocycles. The van der Waals surface area contributed by atoms with Crippen LogP contribution in [0.3, 0.4) is 0 Å². The number of para-hydroxylation sites is 1. The molecule has 5 aromatic rings. The topological polar surface area (TPSA) is 44.8 Å². The quantitative estimate of drug-likeness (QED) is 0.0999. The van der Waals surface area contributed by atoms with Gasteiger partial charge >= 0.3 is 5.97 Å². The fraction of sp³-hybridized carbons (Fsp3) is 0.0833. The Balaban J connectivity index is 0.00000405. The number of hydrogen-bond acceptors (Lipinski definition) is 4. The Kier molecular flexibility index (Phi) is 10.7. The Hall–Kier alpha value is -4.18. The van der Waals surface area contributed by atoms with Crippen LogP contribution >= 0.6 is 7.26 Å². The standard InChI is InChI=1S/C36H32O4P.BrH/c1-38-26-34(36(37)39-2)33-23-12-13-24-35(33)40-29-16-14-15-28(25-29)27-41(30-17-6-3-7-18-30,31-19-8-4-9-20-31)32-21-10-5-11-22-32;/h3-26H,27H2,1-2H3;1H/q+1;/p-1/b34-26+;. The molecule has 0 amide bonds. The lowest BCUT2D eigenvalue weighted by Crippen LogP contribution is -3.00. The van der Waals surface area contributed by atoms with Crippen molar-refractivity contribution in [1.29, 1.82) is 0 Å². The molecule has 0 N–H and O–H groups in total. The molecule has 0 bridgehead atoms. The van der Waals surface area contributed by atoms with Crippen molar-refractivity contribution in [3.05, 3.63) is 157 Å². The predicted molar refractivity (Wildman–Crippen MR) is 169 cm³/mol. The van der Waals surface area contributed by atoms with Crippen molar-refractivity contribution in [1.82, 2.24) is 0 Å². The van der Waals surface area contributed by atoms with Gasteiger partial charge in [0.05, 0.1) is 26.6 Å². The lowest BCUT2D eigenvalue weighted by molar-refractivity contribution is -0.133. The number of carbonyl (C=O) groups is 1. The molecule has 212 valence electrons. The van der Waals surface area contributed by atoms with Gasteiger partial charge in [0, 0.05) is 5.56 Å². The summed E-state index contributed by atoms with van der Waals surface area (Å²) in [7, 11) is 0.774. The highest BCUT2D eigenvalue weighted by Gasteiger charge is 2.45. The van der Waals surface area contributed by atoms with Crippen LogP contribution in [0.1, 0.15) is 11.1 Å². The number of hydrogen-bond donors (Lipinski definition) is 0. The van der Waals surface area contributed by atoms with E-state index in [0.717, 1.165) is 11.7 Å². The van der Waals surface area contributed by atoms with Crippen molar-refractivity contribution in [2.75, 3.05) is 14.2 Å². The molecule has 0 heterocycles. The number of methoxy groups -OCH3 is 2. The summed E-state index contributed by atoms with van der Waals surface area (Å²) in [6.07, 6.45) is 2.20. The molecule has 0 saturated heterocycles. The SMILES string of the molecule is CO/C=C(/C(=O)OC)c1ccccc1Oc1cccc(C[P+](c2ccccc2)(c2ccccc2)c2ccccc2)c1.[Br-]. The van der Waals surface area contributed by atoms with E-state index in [2.05, 4.69) is 103 Å². The van der Waals surface area contributed by atoms with E-state index in [9.17, 15) is 4.79 Å². The molecule has 0 spiro atoms. The van der Waals surface area contributed by atoms with Gasteiger partial charge < -0.3 is 31.2 Å². The van der Waals surface area contributed by atoms with Gasteiger partial charge in [0.2, 0.25) is 0 Å². The molecule has 4 nitrogen and oxygen atoms in total. The van der Waals surface area contributed by atoms with Gasteiger partial charge in [-0.2, -0.15) is 0 Å². The summed E-state index contributed by atoms with van der Waals surface area (Å²) in [5.74, 6) is 0.720. The van der Waals surface area contributed by atoms with E-state index < -0.39 is 13.2 Å². The van der Waals surface area contributed by atoms with Gasteiger partial charge in [-0.1, -0.05) is 84.9 Å². The zero-order valence-corrected chi connectivity index (χ0v) is 26.0. The van der Waals surface area contributed by atoms with Crippen LogP contribution in [0.5, 0.6) is 11.5 Å². The van der Waals surface area contributed by atoms with Gasteiger partial charge in [-0.3, -0.25) is 0 Å². The molecule has 0 unspecified atom stereocenters. The summed E-state index contributed by atoms with van der Waals surface area (Å²) in [4.78, 5) is 12.5. The lowest BCUT2D eigenvalue weighted by Gasteiger charge is -2.28. The van der Waals surface area contributed by atoms with Crippen molar-refractivity contribution in [3.8, 4) is 11.5 Å². The Morgan fingerprint density at radius 1 is 0.667 bits per heavy atom. The molecule has 0 atom stereocenters. The van der Waals surface area contributed by atoms with Crippen molar-refractivity contribution >= 4 is 34.7 Å². The second-order valence-corrected chi connectivity index (χ2v) is 13.0. The minimum Gasteiger partial charge on any atom is -1.00 e. The van der Waals surface area contributed by atoms with Crippen LogP contribution in [0.15, 0.2) is 146 Å². The average Bonchev–Trinajstić information content (AvgIpc) is 3.04. The molecule has 5 rings (SSSR count). The fourth-order valence-corrected chi connectivity index (χ4v) is 9.33. The Labute approximate surface area is 258 Å². The van der Waals surface area contributed by atoms with Crippen molar-refractivity contribution in [2.24, 2.45) is 0 Å². The zero-order valence-electron chi connectivity index (χ0n) is 23.5. The van der Waals surface area contributed by atoms with Crippen molar-refractivity contribution in [2.45, 2.75) is 6.16 Å². The molecule has 0 aliphatic carbocycles. The summed E-state index contributed by atoms with van der Waals surface area (Å²) in [5, 5.41) is 3.96. The normalized spacial score (nSPS) is 11.2. The van der Waals surface area contributed by atoms with E-state index in [-0.39, 0.29) is 22.6 Å². The van der Waals surface area contributed by atoms with Gasteiger partial charge in [-0.15, -0.1) is 0 Å². The number of ether oxygens (including phenoxy) is 3. The average molecular weight is 640 g/mol. The Morgan fingerprint density at radius 2 is 1.19 bits per heavy atom. The molecule has 42 heavy (non-hydrogen) atoms. The van der Waals surface area contributed by atoms with Gasteiger partial charge in [0.1, 0.15) is 40.2 Å². The largest absolute Gasteiger partial charge is 1.00 e. The molecular weight excluding hydrogens is 607 g/mol. The molecule has 0 aromatic heterocycles. The van der Waals surface area contributed by atoms with Crippen LogP contribution in [0.2, 0.25) is 0 Å². The number of benzene rings is 5. The van der Waals surface area contributed by atoms with Crippen LogP contribution in [-0.4, -0.2) is 20.2 Å². The molecule has 0 fully saturated rings. The Bertz CT molecular complexity index is 1530. The van der Waals surface area contributed by atoms with Gasteiger partial charge in [-0.25, -0.2) is 4.79 Å². The van der Waals surface area contributed by atoms with Crippen LogP contribution < -0.4 is 37.6 Å². The molecule has 0 radical (unpaired) electrons. The molecule has 0 aliphatic rings. The third kappa shape index (κ3) is 6.65. The maximum atomic E-state index is 12.5. The fourth-order valence-electron chi connectivity index (χ4n) is 5.10. The summed E-state index contributed by atoms with van der Waals surface area (Å²) >= 11 is 0. The summed E-state index contributed by atoms with van der Waals surface area (Å²) in [6, 6.07) is 48.1. The molecule has 5 aromatic carbocycles. The van der Waals surface area contributed by atoms with Gasteiger partial charge in [-0.05, 0) is 60.2 Å². The lowest BCUT2D eigenvalue weighted by atomic mass is 10.1. The van der Waals surface area contributed by atoms with E-state index in [1.54, 1.807) is 0 Å². The minimum absolute atomic E-state index is 0. The summed E-state index contributed by atoms with van der Waals surface area (Å²) < 4.78 is 16.6. The second-order valence-electron chi connectivity index (χ2n) is 9.48.